The lowest BCUT2D eigenvalue weighted by Crippen LogP contribution is -2.60. The predicted molar refractivity (Wildman–Crippen MR) is 164 cm³/mol. The number of halogens is 2. The third-order valence-corrected chi connectivity index (χ3v) is 20.1. The van der Waals surface area contributed by atoms with Crippen LogP contribution in [0.3, 0.4) is 0 Å². The van der Waals surface area contributed by atoms with Gasteiger partial charge in [-0.1, -0.05) is 69.2 Å². The zero-order valence-electron chi connectivity index (χ0n) is 27.0. The highest BCUT2D eigenvalue weighted by atomic mass is 28.5. The molecule has 1 aliphatic heterocycles. The van der Waals surface area contributed by atoms with Gasteiger partial charge in [0, 0.05) is 6.42 Å². The molecule has 0 amide bonds. The summed E-state index contributed by atoms with van der Waals surface area (Å²) in [4.78, 5) is 6.87. The van der Waals surface area contributed by atoms with Crippen LogP contribution in [-0.2, 0) is 13.0 Å². The molecule has 13 heteroatoms. The van der Waals surface area contributed by atoms with Gasteiger partial charge in [0.25, 0.3) is 5.54 Å². The fraction of sp³-hybridized carbons (Fsp3) is 0.800. The van der Waals surface area contributed by atoms with E-state index in [1.807, 2.05) is 55.4 Å². The summed E-state index contributed by atoms with van der Waals surface area (Å²) in [5, 5.41) is 40.2. The monoisotopic (exact) mass is 644 g/mol. The minimum Gasteiger partial charge on any atom is -0.414 e. The standard InChI is InChI=1S/C20H36FNO5Si2.C10H14FNO2/c1-12(2)28(13(3)4)25-17-16(10-21)20(11-23,22-9)19(24)18(17)26-29(27-28,14(5)6)15(7)8;1-4-10(12-3)6(2)8(13)9(14)7(10)5-11/h10,12-15,17-19,23-24H,11H2,1-8H3;5-6,8-9,13-14H,4H2,1-2H3/b16-10+;7-5+/t17-,18-,19-,20+;6-,8+,9-,10-/m00/s1. The number of fused-ring (bicyclic) bond motifs is 1. The van der Waals surface area contributed by atoms with Crippen molar-refractivity contribution in [2.45, 2.75) is 139 Å². The van der Waals surface area contributed by atoms with Gasteiger partial charge >= 0.3 is 22.7 Å². The Labute approximate surface area is 257 Å². The Morgan fingerprint density at radius 1 is 0.837 bits per heavy atom. The SMILES string of the molecule is [C-]#[N+][C@]1(CC)/C(=C/F)[C@H](O)[C@H](O)[C@@H]1C.[C-]#[N+][C@]1(CO)/C(=C/F)[C@@H]2O[Si](C(C)C)(C(C)C)O[Si](C(C)C)(C(C)C)O[C@@H]2[C@@H]1O. The van der Waals surface area contributed by atoms with Crippen molar-refractivity contribution < 1.29 is 42.2 Å². The van der Waals surface area contributed by atoms with E-state index in [9.17, 15) is 29.2 Å². The first kappa shape index (κ1) is 37.7. The Balaban J connectivity index is 0.000000385. The van der Waals surface area contributed by atoms with E-state index in [4.69, 9.17) is 26.1 Å². The van der Waals surface area contributed by atoms with Crippen LogP contribution in [0.4, 0.5) is 8.78 Å². The molecule has 8 atom stereocenters. The van der Waals surface area contributed by atoms with Gasteiger partial charge in [-0.05, 0) is 22.2 Å². The highest BCUT2D eigenvalue weighted by Gasteiger charge is 2.71. The molecule has 1 heterocycles. The first-order valence-corrected chi connectivity index (χ1v) is 19.0. The van der Waals surface area contributed by atoms with E-state index >= 15 is 0 Å². The summed E-state index contributed by atoms with van der Waals surface area (Å²) in [5.74, 6) is -0.443. The van der Waals surface area contributed by atoms with E-state index in [-0.39, 0.29) is 39.6 Å². The number of hydrogen-bond donors (Lipinski definition) is 4. The molecule has 3 fully saturated rings. The molecule has 3 aliphatic rings. The smallest absolute Gasteiger partial charge is 0.335 e. The van der Waals surface area contributed by atoms with Gasteiger partial charge in [0.1, 0.15) is 24.9 Å². The summed E-state index contributed by atoms with van der Waals surface area (Å²) in [6.45, 7) is 33.8. The van der Waals surface area contributed by atoms with Crippen molar-refractivity contribution in [3.8, 4) is 0 Å². The maximum Gasteiger partial charge on any atom is 0.335 e. The summed E-state index contributed by atoms with van der Waals surface area (Å²) in [6.07, 6.45) is -4.66. The Morgan fingerprint density at radius 3 is 1.60 bits per heavy atom. The van der Waals surface area contributed by atoms with E-state index in [0.717, 1.165) is 0 Å². The maximum atomic E-state index is 14.1. The fourth-order valence-electron chi connectivity index (χ4n) is 7.04. The van der Waals surface area contributed by atoms with Crippen LogP contribution in [0, 0.1) is 19.1 Å². The van der Waals surface area contributed by atoms with Crippen molar-refractivity contribution >= 4 is 17.1 Å². The number of aliphatic hydroxyl groups excluding tert-OH is 4. The maximum absolute atomic E-state index is 14.1. The van der Waals surface area contributed by atoms with E-state index in [0.29, 0.717) is 12.8 Å². The normalized spacial score (nSPS) is 38.7. The highest BCUT2D eigenvalue weighted by Crippen LogP contribution is 2.53. The summed E-state index contributed by atoms with van der Waals surface area (Å²) in [5.41, 5.74) is -2.72. The molecule has 0 spiro atoms. The van der Waals surface area contributed by atoms with Crippen LogP contribution in [0.1, 0.15) is 75.7 Å². The Morgan fingerprint density at radius 2 is 1.28 bits per heavy atom. The molecule has 244 valence electrons. The lowest BCUT2D eigenvalue weighted by molar-refractivity contribution is -0.0162. The Bertz CT molecular complexity index is 1120. The van der Waals surface area contributed by atoms with Crippen molar-refractivity contribution in [2.24, 2.45) is 5.92 Å². The number of aliphatic hydroxyl groups is 4. The van der Waals surface area contributed by atoms with Crippen molar-refractivity contribution in [3.63, 3.8) is 0 Å². The molecule has 0 radical (unpaired) electrons. The van der Waals surface area contributed by atoms with Gasteiger partial charge in [0.05, 0.1) is 35.8 Å². The second-order valence-corrected chi connectivity index (χ2v) is 22.0. The highest BCUT2D eigenvalue weighted by molar-refractivity contribution is 6.84. The van der Waals surface area contributed by atoms with Crippen molar-refractivity contribution in [1.29, 1.82) is 0 Å². The molecular formula is C30H50F2N2O7Si2. The molecule has 2 aliphatic carbocycles. The van der Waals surface area contributed by atoms with E-state index in [2.05, 4.69) is 9.69 Å². The average Bonchev–Trinajstić information content (AvgIpc) is 3.19. The molecular weight excluding hydrogens is 595 g/mol. The molecule has 2 saturated carbocycles. The molecule has 9 nitrogen and oxygen atoms in total. The van der Waals surface area contributed by atoms with Crippen LogP contribution < -0.4 is 0 Å². The molecule has 1 saturated heterocycles. The Kier molecular flexibility index (Phi) is 12.1. The van der Waals surface area contributed by atoms with E-state index < -0.39 is 71.2 Å². The zero-order valence-corrected chi connectivity index (χ0v) is 29.0. The number of hydrogen-bond acceptors (Lipinski definition) is 7. The van der Waals surface area contributed by atoms with Gasteiger partial charge in [-0.25, -0.2) is 21.9 Å². The first-order chi connectivity index (χ1) is 19.9. The molecule has 0 bridgehead atoms. The lowest BCUT2D eigenvalue weighted by Gasteiger charge is -2.46. The average molecular weight is 645 g/mol. The molecule has 0 aromatic rings. The van der Waals surface area contributed by atoms with Gasteiger partial charge < -0.3 is 38.2 Å². The third kappa shape index (κ3) is 5.71. The summed E-state index contributed by atoms with van der Waals surface area (Å²) < 4.78 is 47.0. The van der Waals surface area contributed by atoms with Crippen molar-refractivity contribution in [1.82, 2.24) is 0 Å². The molecule has 0 unspecified atom stereocenters. The van der Waals surface area contributed by atoms with Crippen LogP contribution in [-0.4, -0.2) is 85.8 Å². The van der Waals surface area contributed by atoms with Crippen molar-refractivity contribution in [2.75, 3.05) is 6.61 Å². The predicted octanol–water partition coefficient (Wildman–Crippen LogP) is 5.47. The molecule has 3 rings (SSSR count). The lowest BCUT2D eigenvalue weighted by atomic mass is 9.83. The quantitative estimate of drug-likeness (QED) is 0.224. The van der Waals surface area contributed by atoms with Gasteiger partial charge in [-0.3, -0.25) is 4.85 Å². The van der Waals surface area contributed by atoms with Crippen LogP contribution >= 0.6 is 0 Å². The third-order valence-electron chi connectivity index (χ3n) is 9.90. The first-order valence-electron chi connectivity index (χ1n) is 15.0. The van der Waals surface area contributed by atoms with Crippen LogP contribution in [0.2, 0.25) is 22.2 Å². The summed E-state index contributed by atoms with van der Waals surface area (Å²) in [7, 11) is -5.94. The van der Waals surface area contributed by atoms with Gasteiger partial charge in [0.15, 0.2) is 6.10 Å². The van der Waals surface area contributed by atoms with Crippen LogP contribution in [0.25, 0.3) is 9.69 Å². The topological polar surface area (TPSA) is 117 Å². The Hall–Kier alpha value is -1.53. The van der Waals surface area contributed by atoms with Gasteiger partial charge in [-0.15, -0.1) is 0 Å². The van der Waals surface area contributed by atoms with E-state index in [1.54, 1.807) is 13.8 Å². The second-order valence-electron chi connectivity index (χ2n) is 13.2. The van der Waals surface area contributed by atoms with Crippen molar-refractivity contribution in [3.05, 3.63) is 46.6 Å². The summed E-state index contributed by atoms with van der Waals surface area (Å²) >= 11 is 0. The zero-order chi connectivity index (χ0) is 33.3. The second kappa shape index (κ2) is 13.9. The molecule has 0 aromatic carbocycles. The van der Waals surface area contributed by atoms with Gasteiger partial charge in [0.2, 0.25) is 0 Å². The fourth-order valence-corrected chi connectivity index (χ4v) is 18.3. The minimum absolute atomic E-state index is 0.00926. The molecule has 4 N–H and O–H groups in total. The minimum atomic E-state index is -2.98. The molecule has 43 heavy (non-hydrogen) atoms. The molecule has 0 aromatic heterocycles. The van der Waals surface area contributed by atoms with Crippen LogP contribution in [0.5, 0.6) is 0 Å². The largest absolute Gasteiger partial charge is 0.414 e. The van der Waals surface area contributed by atoms with Crippen LogP contribution in [0.15, 0.2) is 23.8 Å². The number of rotatable bonds is 6. The number of nitrogens with zero attached hydrogens (tertiary/aromatic N) is 2. The summed E-state index contributed by atoms with van der Waals surface area (Å²) in [6, 6.07) is 0. The van der Waals surface area contributed by atoms with Gasteiger partial charge in [-0.2, -0.15) is 0 Å². The van der Waals surface area contributed by atoms with E-state index in [1.165, 1.54) is 0 Å².